The number of hydrogen-bond acceptors (Lipinski definition) is 3. The Morgan fingerprint density at radius 1 is 1.15 bits per heavy atom. The number of halogens is 1. The molecular formula is C16H23BrO3. The third kappa shape index (κ3) is 4.13. The number of benzene rings is 1. The topological polar surface area (TPSA) is 38.7 Å². The van der Waals surface area contributed by atoms with E-state index in [1.165, 1.54) is 19.3 Å². The smallest absolute Gasteiger partial charge is 0.162 e. The van der Waals surface area contributed by atoms with Gasteiger partial charge in [0.05, 0.1) is 19.3 Å². The molecule has 1 atom stereocenters. The standard InChI is InChI=1S/C16H23BrO3/c1-2-3-4-5-7-14(18)12-10-15-16(11-13(12)17)20-9-6-8-19-15/h10-11,14,18H,2-9H2,1H3. The number of ether oxygens (including phenoxy) is 2. The maximum atomic E-state index is 10.3. The third-order valence-electron chi connectivity index (χ3n) is 3.56. The van der Waals surface area contributed by atoms with Crippen molar-refractivity contribution in [2.75, 3.05) is 13.2 Å². The van der Waals surface area contributed by atoms with Crippen LogP contribution < -0.4 is 9.47 Å². The van der Waals surface area contributed by atoms with Crippen molar-refractivity contribution >= 4 is 15.9 Å². The molecule has 1 aromatic rings. The summed E-state index contributed by atoms with van der Waals surface area (Å²) in [6.45, 7) is 3.54. The van der Waals surface area contributed by atoms with E-state index in [1.54, 1.807) is 0 Å². The van der Waals surface area contributed by atoms with E-state index in [4.69, 9.17) is 9.47 Å². The normalized spacial score (nSPS) is 15.8. The van der Waals surface area contributed by atoms with Gasteiger partial charge in [-0.3, -0.25) is 0 Å². The van der Waals surface area contributed by atoms with Crippen molar-refractivity contribution in [2.24, 2.45) is 0 Å². The minimum atomic E-state index is -0.446. The lowest BCUT2D eigenvalue weighted by Crippen LogP contribution is -2.01. The van der Waals surface area contributed by atoms with Crippen molar-refractivity contribution in [1.29, 1.82) is 0 Å². The molecule has 1 aliphatic rings. The van der Waals surface area contributed by atoms with Gasteiger partial charge in [0, 0.05) is 10.9 Å². The van der Waals surface area contributed by atoms with Crippen molar-refractivity contribution in [1.82, 2.24) is 0 Å². The molecule has 0 aromatic heterocycles. The summed E-state index contributed by atoms with van der Waals surface area (Å²) in [4.78, 5) is 0. The van der Waals surface area contributed by atoms with Crippen LogP contribution in [0.25, 0.3) is 0 Å². The molecule has 0 spiro atoms. The Morgan fingerprint density at radius 3 is 2.55 bits per heavy atom. The van der Waals surface area contributed by atoms with Crippen LogP contribution in [0.4, 0.5) is 0 Å². The minimum Gasteiger partial charge on any atom is -0.490 e. The zero-order valence-corrected chi connectivity index (χ0v) is 13.6. The van der Waals surface area contributed by atoms with Crippen molar-refractivity contribution < 1.29 is 14.6 Å². The van der Waals surface area contributed by atoms with Gasteiger partial charge in [0.1, 0.15) is 0 Å². The highest BCUT2D eigenvalue weighted by atomic mass is 79.9. The number of unbranched alkanes of at least 4 members (excludes halogenated alkanes) is 3. The van der Waals surface area contributed by atoms with E-state index in [1.807, 2.05) is 12.1 Å². The van der Waals surface area contributed by atoms with Gasteiger partial charge in [0.15, 0.2) is 11.5 Å². The van der Waals surface area contributed by atoms with E-state index in [0.29, 0.717) is 13.2 Å². The molecule has 0 aliphatic carbocycles. The second-order valence-electron chi connectivity index (χ2n) is 5.24. The van der Waals surface area contributed by atoms with Crippen molar-refractivity contribution in [2.45, 2.75) is 51.6 Å². The van der Waals surface area contributed by atoms with E-state index in [2.05, 4.69) is 22.9 Å². The number of hydrogen-bond donors (Lipinski definition) is 1. The summed E-state index contributed by atoms with van der Waals surface area (Å²) < 4.78 is 12.2. The summed E-state index contributed by atoms with van der Waals surface area (Å²) in [5.74, 6) is 1.50. The Labute approximate surface area is 129 Å². The van der Waals surface area contributed by atoms with Crippen molar-refractivity contribution in [3.05, 3.63) is 22.2 Å². The van der Waals surface area contributed by atoms with Gasteiger partial charge in [-0.15, -0.1) is 0 Å². The second-order valence-corrected chi connectivity index (χ2v) is 6.09. The molecule has 0 saturated carbocycles. The first-order chi connectivity index (χ1) is 9.72. The van der Waals surface area contributed by atoms with Crippen LogP contribution in [-0.2, 0) is 0 Å². The quantitative estimate of drug-likeness (QED) is 0.767. The Kier molecular flexibility index (Phi) is 6.17. The van der Waals surface area contributed by atoms with Crippen LogP contribution >= 0.6 is 15.9 Å². The molecule has 1 N–H and O–H groups in total. The highest BCUT2D eigenvalue weighted by Crippen LogP contribution is 2.38. The van der Waals surface area contributed by atoms with Gasteiger partial charge in [0.2, 0.25) is 0 Å². The van der Waals surface area contributed by atoms with Crippen LogP contribution in [0.15, 0.2) is 16.6 Å². The Hall–Kier alpha value is -0.740. The molecule has 112 valence electrons. The van der Waals surface area contributed by atoms with Crippen LogP contribution in [0.5, 0.6) is 11.5 Å². The van der Waals surface area contributed by atoms with E-state index in [0.717, 1.165) is 40.8 Å². The predicted octanol–water partition coefficient (Wildman–Crippen LogP) is 4.61. The van der Waals surface area contributed by atoms with Crippen molar-refractivity contribution in [3.8, 4) is 11.5 Å². The van der Waals surface area contributed by atoms with Crippen LogP contribution in [0.2, 0.25) is 0 Å². The largest absolute Gasteiger partial charge is 0.490 e. The fourth-order valence-corrected chi connectivity index (χ4v) is 2.96. The SMILES string of the molecule is CCCCCCC(O)c1cc2c(cc1Br)OCCCO2. The first kappa shape index (κ1) is 15.6. The van der Waals surface area contributed by atoms with Crippen LogP contribution in [0, 0.1) is 0 Å². The number of aliphatic hydroxyl groups excluding tert-OH is 1. The van der Waals surface area contributed by atoms with Gasteiger partial charge in [-0.25, -0.2) is 0 Å². The molecule has 4 heteroatoms. The van der Waals surface area contributed by atoms with Crippen LogP contribution in [0.3, 0.4) is 0 Å². The summed E-state index contributed by atoms with van der Waals surface area (Å²) in [7, 11) is 0. The molecule has 1 aromatic carbocycles. The summed E-state index contributed by atoms with van der Waals surface area (Å²) in [5, 5.41) is 10.3. The number of rotatable bonds is 6. The summed E-state index contributed by atoms with van der Waals surface area (Å²) in [5.41, 5.74) is 0.894. The Bertz CT molecular complexity index is 434. The minimum absolute atomic E-state index is 0.446. The lowest BCUT2D eigenvalue weighted by molar-refractivity contribution is 0.162. The van der Waals surface area contributed by atoms with Crippen molar-refractivity contribution in [3.63, 3.8) is 0 Å². The summed E-state index contributed by atoms with van der Waals surface area (Å²) in [6.07, 6.45) is 5.91. The van der Waals surface area contributed by atoms with Gasteiger partial charge in [-0.1, -0.05) is 48.5 Å². The summed E-state index contributed by atoms with van der Waals surface area (Å²) >= 11 is 3.53. The van der Waals surface area contributed by atoms with E-state index >= 15 is 0 Å². The average Bonchev–Trinajstić information content (AvgIpc) is 2.67. The van der Waals surface area contributed by atoms with Gasteiger partial charge in [-0.05, 0) is 24.1 Å². The fraction of sp³-hybridized carbons (Fsp3) is 0.625. The molecule has 1 unspecified atom stereocenters. The maximum absolute atomic E-state index is 10.3. The van der Waals surface area contributed by atoms with Crippen LogP contribution in [-0.4, -0.2) is 18.3 Å². The Morgan fingerprint density at radius 2 is 1.85 bits per heavy atom. The maximum Gasteiger partial charge on any atom is 0.162 e. The summed E-state index contributed by atoms with van der Waals surface area (Å²) in [6, 6.07) is 3.82. The first-order valence-electron chi connectivity index (χ1n) is 7.49. The zero-order chi connectivity index (χ0) is 14.4. The molecule has 0 fully saturated rings. The molecule has 1 heterocycles. The molecule has 20 heavy (non-hydrogen) atoms. The molecular weight excluding hydrogens is 320 g/mol. The first-order valence-corrected chi connectivity index (χ1v) is 8.28. The lowest BCUT2D eigenvalue weighted by Gasteiger charge is -2.16. The molecule has 0 radical (unpaired) electrons. The third-order valence-corrected chi connectivity index (χ3v) is 4.24. The molecule has 2 rings (SSSR count). The van der Waals surface area contributed by atoms with Gasteiger partial charge >= 0.3 is 0 Å². The van der Waals surface area contributed by atoms with Gasteiger partial charge in [0.25, 0.3) is 0 Å². The highest BCUT2D eigenvalue weighted by molar-refractivity contribution is 9.10. The lowest BCUT2D eigenvalue weighted by atomic mass is 10.0. The molecule has 0 amide bonds. The van der Waals surface area contributed by atoms with Crippen LogP contribution in [0.1, 0.15) is 57.1 Å². The Balaban J connectivity index is 2.05. The second kappa shape index (κ2) is 7.89. The molecule has 0 saturated heterocycles. The number of aliphatic hydroxyl groups is 1. The molecule has 1 aliphatic heterocycles. The monoisotopic (exact) mass is 342 g/mol. The zero-order valence-electron chi connectivity index (χ0n) is 12.0. The number of fused-ring (bicyclic) bond motifs is 1. The van der Waals surface area contributed by atoms with E-state index in [-0.39, 0.29) is 0 Å². The fourth-order valence-electron chi connectivity index (χ4n) is 2.37. The average molecular weight is 343 g/mol. The highest BCUT2D eigenvalue weighted by Gasteiger charge is 2.18. The van der Waals surface area contributed by atoms with E-state index in [9.17, 15) is 5.11 Å². The predicted molar refractivity (Wildman–Crippen MR) is 83.5 cm³/mol. The van der Waals surface area contributed by atoms with Gasteiger partial charge < -0.3 is 14.6 Å². The molecule has 3 nitrogen and oxygen atoms in total. The van der Waals surface area contributed by atoms with Gasteiger partial charge in [-0.2, -0.15) is 0 Å². The van der Waals surface area contributed by atoms with E-state index < -0.39 is 6.10 Å². The molecule has 0 bridgehead atoms.